The highest BCUT2D eigenvalue weighted by atomic mass is 16.5. The maximum absolute atomic E-state index is 12.7. The highest BCUT2D eigenvalue weighted by molar-refractivity contribution is 6.05. The molecule has 0 aliphatic carbocycles. The van der Waals surface area contributed by atoms with Crippen molar-refractivity contribution in [3.63, 3.8) is 0 Å². The third-order valence-electron chi connectivity index (χ3n) is 4.89. The molecule has 2 heterocycles. The Morgan fingerprint density at radius 1 is 1.12 bits per heavy atom. The first-order valence-electron chi connectivity index (χ1n) is 10.6. The van der Waals surface area contributed by atoms with Crippen LogP contribution in [0.5, 0.6) is 11.5 Å². The average molecular weight is 447 g/mol. The van der Waals surface area contributed by atoms with Crippen molar-refractivity contribution in [2.24, 2.45) is 5.92 Å². The van der Waals surface area contributed by atoms with Crippen LogP contribution in [-0.4, -0.2) is 32.2 Å². The van der Waals surface area contributed by atoms with Crippen LogP contribution in [0.1, 0.15) is 29.9 Å². The number of rotatable bonds is 8. The highest BCUT2D eigenvalue weighted by Gasteiger charge is 2.13. The van der Waals surface area contributed by atoms with E-state index < -0.39 is 0 Å². The zero-order valence-corrected chi connectivity index (χ0v) is 18.7. The predicted molar refractivity (Wildman–Crippen MR) is 124 cm³/mol. The first kappa shape index (κ1) is 22.1. The maximum Gasteiger partial charge on any atom is 0.274 e. The molecule has 4 aromatic rings. The standard InChI is InChI=1S/C24H25N5O4/c1-16(2)13-28-15-25-24-26-18(12-22(30)29(24)28)14-33-21-10-5-4-9-20(21)27-23(31)17-7-6-8-19(11-17)32-3/h4-12,15-16H,13-14H2,1-3H3,(H,27,31). The molecule has 2 aromatic carbocycles. The summed E-state index contributed by atoms with van der Waals surface area (Å²) in [6, 6.07) is 15.4. The molecule has 0 saturated carbocycles. The van der Waals surface area contributed by atoms with E-state index >= 15 is 0 Å². The number of ether oxygens (including phenoxy) is 2. The third-order valence-corrected chi connectivity index (χ3v) is 4.89. The van der Waals surface area contributed by atoms with E-state index in [1.54, 1.807) is 66.6 Å². The second-order valence-electron chi connectivity index (χ2n) is 7.93. The maximum atomic E-state index is 12.7. The summed E-state index contributed by atoms with van der Waals surface area (Å²) in [4.78, 5) is 34.0. The van der Waals surface area contributed by atoms with E-state index in [1.807, 2.05) is 0 Å². The van der Waals surface area contributed by atoms with Gasteiger partial charge in [-0.1, -0.05) is 32.0 Å². The van der Waals surface area contributed by atoms with Gasteiger partial charge in [0.25, 0.3) is 17.2 Å². The van der Waals surface area contributed by atoms with Crippen LogP contribution >= 0.6 is 0 Å². The number of methoxy groups -OCH3 is 1. The minimum absolute atomic E-state index is 0.0504. The number of anilines is 1. The third kappa shape index (κ3) is 5.03. The lowest BCUT2D eigenvalue weighted by Crippen LogP contribution is -2.23. The van der Waals surface area contributed by atoms with Gasteiger partial charge in [-0.3, -0.25) is 14.3 Å². The van der Waals surface area contributed by atoms with Gasteiger partial charge >= 0.3 is 0 Å². The number of nitrogens with one attached hydrogen (secondary N) is 1. The van der Waals surface area contributed by atoms with Crippen molar-refractivity contribution in [3.05, 3.63) is 82.5 Å². The molecule has 33 heavy (non-hydrogen) atoms. The lowest BCUT2D eigenvalue weighted by atomic mass is 10.2. The van der Waals surface area contributed by atoms with Gasteiger partial charge < -0.3 is 14.8 Å². The SMILES string of the molecule is COc1cccc(C(=O)Nc2ccccc2OCc2cc(=O)n3c(ncn3CC(C)C)n2)c1. The number of fused-ring (bicyclic) bond motifs is 1. The molecule has 0 aliphatic heterocycles. The van der Waals surface area contributed by atoms with Gasteiger partial charge in [-0.2, -0.15) is 9.50 Å². The Bertz CT molecular complexity index is 1340. The molecule has 170 valence electrons. The normalized spacial score (nSPS) is 11.0. The van der Waals surface area contributed by atoms with Crippen molar-refractivity contribution in [1.29, 1.82) is 0 Å². The van der Waals surface area contributed by atoms with Crippen molar-refractivity contribution in [3.8, 4) is 11.5 Å². The van der Waals surface area contributed by atoms with Gasteiger partial charge in [0, 0.05) is 18.2 Å². The fourth-order valence-corrected chi connectivity index (χ4v) is 3.39. The van der Waals surface area contributed by atoms with Gasteiger partial charge in [-0.25, -0.2) is 4.98 Å². The zero-order chi connectivity index (χ0) is 23.4. The summed E-state index contributed by atoms with van der Waals surface area (Å²) in [5.74, 6) is 1.44. The van der Waals surface area contributed by atoms with Crippen molar-refractivity contribution in [2.75, 3.05) is 12.4 Å². The number of hydrogen-bond donors (Lipinski definition) is 1. The topological polar surface area (TPSA) is 99.7 Å². The summed E-state index contributed by atoms with van der Waals surface area (Å²) >= 11 is 0. The van der Waals surface area contributed by atoms with E-state index in [9.17, 15) is 9.59 Å². The summed E-state index contributed by atoms with van der Waals surface area (Å²) < 4.78 is 14.3. The van der Waals surface area contributed by atoms with Gasteiger partial charge in [-0.05, 0) is 36.2 Å². The van der Waals surface area contributed by atoms with Crippen LogP contribution in [0, 0.1) is 5.92 Å². The Morgan fingerprint density at radius 3 is 2.73 bits per heavy atom. The van der Waals surface area contributed by atoms with Crippen LogP contribution in [0.15, 0.2) is 65.7 Å². The molecule has 1 N–H and O–H groups in total. The number of nitrogens with zero attached hydrogens (tertiary/aromatic N) is 4. The summed E-state index contributed by atoms with van der Waals surface area (Å²) in [5.41, 5.74) is 1.19. The van der Waals surface area contributed by atoms with Crippen LogP contribution < -0.4 is 20.3 Å². The minimum atomic E-state index is -0.293. The summed E-state index contributed by atoms with van der Waals surface area (Å²) in [5, 5.41) is 2.86. The number of amides is 1. The number of hydrogen-bond acceptors (Lipinski definition) is 6. The highest BCUT2D eigenvalue weighted by Crippen LogP contribution is 2.25. The molecule has 9 nitrogen and oxygen atoms in total. The molecule has 0 spiro atoms. The number of carbonyl (C=O) groups excluding carboxylic acids is 1. The molecular weight excluding hydrogens is 422 g/mol. The number of aromatic nitrogens is 4. The van der Waals surface area contributed by atoms with E-state index in [4.69, 9.17) is 9.47 Å². The Morgan fingerprint density at radius 2 is 1.94 bits per heavy atom. The van der Waals surface area contributed by atoms with Crippen molar-refractivity contribution in [1.82, 2.24) is 19.2 Å². The number of carbonyl (C=O) groups is 1. The zero-order valence-electron chi connectivity index (χ0n) is 18.7. The van der Waals surface area contributed by atoms with E-state index in [0.29, 0.717) is 46.7 Å². The van der Waals surface area contributed by atoms with E-state index in [2.05, 4.69) is 29.1 Å². The second-order valence-corrected chi connectivity index (χ2v) is 7.93. The van der Waals surface area contributed by atoms with Crippen LogP contribution in [0.2, 0.25) is 0 Å². The van der Waals surface area contributed by atoms with Gasteiger partial charge in [0.15, 0.2) is 0 Å². The Kier molecular flexibility index (Phi) is 6.39. The monoisotopic (exact) mass is 447 g/mol. The predicted octanol–water partition coefficient (Wildman–Crippen LogP) is 3.39. The molecule has 0 radical (unpaired) electrons. The van der Waals surface area contributed by atoms with E-state index in [-0.39, 0.29) is 18.1 Å². The molecule has 0 aliphatic rings. The second kappa shape index (κ2) is 9.56. The van der Waals surface area contributed by atoms with Crippen LogP contribution in [0.25, 0.3) is 5.78 Å². The first-order chi connectivity index (χ1) is 15.9. The largest absolute Gasteiger partial charge is 0.497 e. The molecule has 0 bridgehead atoms. The molecule has 0 saturated heterocycles. The fraction of sp³-hybridized carbons (Fsp3) is 0.250. The average Bonchev–Trinajstić information content (AvgIpc) is 3.21. The number of benzene rings is 2. The molecule has 0 atom stereocenters. The van der Waals surface area contributed by atoms with Crippen LogP contribution in [-0.2, 0) is 13.2 Å². The molecule has 9 heteroatoms. The lowest BCUT2D eigenvalue weighted by molar-refractivity contribution is 0.102. The first-order valence-corrected chi connectivity index (χ1v) is 10.6. The van der Waals surface area contributed by atoms with Gasteiger partial charge in [0.05, 0.1) is 18.5 Å². The summed E-state index contributed by atoms with van der Waals surface area (Å²) in [7, 11) is 1.55. The number of para-hydroxylation sites is 2. The molecular formula is C24H25N5O4. The van der Waals surface area contributed by atoms with E-state index in [1.165, 1.54) is 10.6 Å². The molecule has 4 rings (SSSR count). The van der Waals surface area contributed by atoms with Gasteiger partial charge in [0.1, 0.15) is 24.4 Å². The minimum Gasteiger partial charge on any atom is -0.497 e. The summed E-state index contributed by atoms with van der Waals surface area (Å²) in [6.45, 7) is 4.84. The molecule has 2 aromatic heterocycles. The van der Waals surface area contributed by atoms with E-state index in [0.717, 1.165) is 0 Å². The molecule has 1 amide bonds. The molecule has 0 fully saturated rings. The quantitative estimate of drug-likeness (QED) is 0.445. The van der Waals surface area contributed by atoms with Crippen LogP contribution in [0.4, 0.5) is 5.69 Å². The van der Waals surface area contributed by atoms with Crippen molar-refractivity contribution in [2.45, 2.75) is 27.0 Å². The molecule has 0 unspecified atom stereocenters. The Balaban J connectivity index is 1.51. The Labute approximate surface area is 190 Å². The lowest BCUT2D eigenvalue weighted by Gasteiger charge is -2.13. The Hall–Kier alpha value is -4.14. The van der Waals surface area contributed by atoms with Gasteiger partial charge in [-0.15, -0.1) is 0 Å². The van der Waals surface area contributed by atoms with Crippen molar-refractivity contribution >= 4 is 17.4 Å². The summed E-state index contributed by atoms with van der Waals surface area (Å²) in [6.07, 6.45) is 1.61. The van der Waals surface area contributed by atoms with Crippen LogP contribution in [0.3, 0.4) is 0 Å². The van der Waals surface area contributed by atoms with Gasteiger partial charge in [0.2, 0.25) is 0 Å². The fourth-order valence-electron chi connectivity index (χ4n) is 3.39. The van der Waals surface area contributed by atoms with Crippen molar-refractivity contribution < 1.29 is 14.3 Å². The smallest absolute Gasteiger partial charge is 0.274 e.